The lowest BCUT2D eigenvalue weighted by Crippen LogP contribution is -2.27. The summed E-state index contributed by atoms with van der Waals surface area (Å²) in [7, 11) is 0. The fourth-order valence-electron chi connectivity index (χ4n) is 2.27. The van der Waals surface area contributed by atoms with E-state index in [1.165, 1.54) is 0 Å². The lowest BCUT2D eigenvalue weighted by Gasteiger charge is -2.16. The largest absolute Gasteiger partial charge is 0.479 e. The Kier molecular flexibility index (Phi) is 2.08. The third-order valence-electron chi connectivity index (χ3n) is 3.40. The van der Waals surface area contributed by atoms with Crippen molar-refractivity contribution in [2.75, 3.05) is 0 Å². The summed E-state index contributed by atoms with van der Waals surface area (Å²) in [5, 5.41) is 9.33. The van der Waals surface area contributed by atoms with Gasteiger partial charge in [-0.2, -0.15) is 0 Å². The number of hydrogen-bond donors (Lipinski definition) is 1. The van der Waals surface area contributed by atoms with Gasteiger partial charge in [-0.15, -0.1) is 0 Å². The van der Waals surface area contributed by atoms with Crippen LogP contribution in [0.1, 0.15) is 12.8 Å². The zero-order valence-electron chi connectivity index (χ0n) is 9.34. The average molecular weight is 227 g/mol. The Morgan fingerprint density at radius 2 is 1.82 bits per heavy atom. The monoisotopic (exact) mass is 227 g/mol. The van der Waals surface area contributed by atoms with Gasteiger partial charge in [0.05, 0.1) is 0 Å². The highest BCUT2D eigenvalue weighted by Crippen LogP contribution is 2.46. The molecule has 0 aliphatic heterocycles. The molecule has 1 saturated carbocycles. The summed E-state index contributed by atoms with van der Waals surface area (Å²) in [6.07, 6.45) is 3.30. The molecule has 17 heavy (non-hydrogen) atoms. The van der Waals surface area contributed by atoms with Crippen LogP contribution in [0.3, 0.4) is 0 Å². The van der Waals surface area contributed by atoms with E-state index in [0.29, 0.717) is 0 Å². The molecule has 0 radical (unpaired) electrons. The number of carboxylic acids is 1. The predicted molar refractivity (Wildman–Crippen MR) is 64.7 cm³/mol. The first kappa shape index (κ1) is 10.1. The minimum absolute atomic E-state index is 0.700. The topological polar surface area (TPSA) is 42.2 Å². The molecule has 0 atom stereocenters. The SMILES string of the molecule is O=C(O)C1(n2cccc2-c2ccccc2)CC1. The van der Waals surface area contributed by atoms with Crippen molar-refractivity contribution in [3.05, 3.63) is 48.7 Å². The van der Waals surface area contributed by atoms with Gasteiger partial charge in [-0.25, -0.2) is 4.79 Å². The predicted octanol–water partition coefficient (Wildman–Crippen LogP) is 2.73. The minimum Gasteiger partial charge on any atom is -0.479 e. The van der Waals surface area contributed by atoms with Crippen LogP contribution in [-0.2, 0) is 10.3 Å². The number of aliphatic carboxylic acids is 1. The summed E-state index contributed by atoms with van der Waals surface area (Å²) in [4.78, 5) is 11.3. The molecule has 86 valence electrons. The molecule has 1 heterocycles. The molecule has 1 N–H and O–H groups in total. The Morgan fingerprint density at radius 3 is 2.41 bits per heavy atom. The Hall–Kier alpha value is -2.03. The first-order chi connectivity index (χ1) is 8.24. The molecule has 0 spiro atoms. The van der Waals surface area contributed by atoms with Gasteiger partial charge in [0.15, 0.2) is 0 Å². The third-order valence-corrected chi connectivity index (χ3v) is 3.40. The standard InChI is InChI=1S/C14H13NO2/c16-13(17)14(8-9-14)15-10-4-7-12(15)11-5-2-1-3-6-11/h1-7,10H,8-9H2,(H,16,17). The van der Waals surface area contributed by atoms with Crippen LogP contribution in [0.4, 0.5) is 0 Å². The maximum atomic E-state index is 11.3. The summed E-state index contributed by atoms with van der Waals surface area (Å²) >= 11 is 0. The second-order valence-electron chi connectivity index (χ2n) is 4.47. The Morgan fingerprint density at radius 1 is 1.12 bits per heavy atom. The number of aromatic nitrogens is 1. The first-order valence-corrected chi connectivity index (χ1v) is 5.71. The highest BCUT2D eigenvalue weighted by atomic mass is 16.4. The maximum absolute atomic E-state index is 11.3. The van der Waals surface area contributed by atoms with Gasteiger partial charge in [0.1, 0.15) is 5.54 Å². The van der Waals surface area contributed by atoms with E-state index < -0.39 is 11.5 Å². The minimum atomic E-state index is -0.731. The van der Waals surface area contributed by atoms with E-state index in [1.54, 1.807) is 0 Å². The molecule has 0 bridgehead atoms. The van der Waals surface area contributed by atoms with Crippen LogP contribution in [0, 0.1) is 0 Å². The molecule has 1 fully saturated rings. The Balaban J connectivity index is 2.10. The van der Waals surface area contributed by atoms with Crippen molar-refractivity contribution in [1.82, 2.24) is 4.57 Å². The summed E-state index contributed by atoms with van der Waals surface area (Å²) in [5.41, 5.74) is 1.34. The first-order valence-electron chi connectivity index (χ1n) is 5.71. The lowest BCUT2D eigenvalue weighted by atomic mass is 10.1. The van der Waals surface area contributed by atoms with Crippen molar-refractivity contribution < 1.29 is 9.90 Å². The second kappa shape index (κ2) is 3.48. The smallest absolute Gasteiger partial charge is 0.329 e. The molecule has 3 rings (SSSR count). The van der Waals surface area contributed by atoms with Gasteiger partial charge >= 0.3 is 5.97 Å². The van der Waals surface area contributed by atoms with Gasteiger partial charge in [0.2, 0.25) is 0 Å². The average Bonchev–Trinajstić information content (AvgIpc) is 3.02. The molecule has 1 aliphatic rings. The summed E-state index contributed by atoms with van der Waals surface area (Å²) < 4.78 is 1.89. The quantitative estimate of drug-likeness (QED) is 0.876. The third kappa shape index (κ3) is 1.46. The van der Waals surface area contributed by atoms with Crippen LogP contribution in [0.2, 0.25) is 0 Å². The summed E-state index contributed by atoms with van der Waals surface area (Å²) in [5.74, 6) is -0.731. The molecule has 1 aromatic carbocycles. The molecule has 3 heteroatoms. The number of carbonyl (C=O) groups is 1. The summed E-state index contributed by atoms with van der Waals surface area (Å²) in [6.45, 7) is 0. The van der Waals surface area contributed by atoms with Crippen LogP contribution in [0.15, 0.2) is 48.7 Å². The number of nitrogens with zero attached hydrogens (tertiary/aromatic N) is 1. The zero-order valence-corrected chi connectivity index (χ0v) is 9.34. The normalized spacial score (nSPS) is 16.7. The van der Waals surface area contributed by atoms with Crippen molar-refractivity contribution in [3.63, 3.8) is 0 Å². The van der Waals surface area contributed by atoms with Gasteiger partial charge in [0.25, 0.3) is 0 Å². The van der Waals surface area contributed by atoms with E-state index >= 15 is 0 Å². The Labute approximate surface area is 99.3 Å². The molecule has 0 amide bonds. The van der Waals surface area contributed by atoms with Gasteiger partial charge < -0.3 is 9.67 Å². The number of rotatable bonds is 3. The van der Waals surface area contributed by atoms with E-state index in [0.717, 1.165) is 24.1 Å². The molecule has 1 aliphatic carbocycles. The highest BCUT2D eigenvalue weighted by molar-refractivity contribution is 5.81. The van der Waals surface area contributed by atoms with Gasteiger partial charge in [-0.1, -0.05) is 30.3 Å². The molecular formula is C14H13NO2. The molecule has 1 aromatic heterocycles. The number of benzene rings is 1. The van der Waals surface area contributed by atoms with Gasteiger partial charge in [-0.3, -0.25) is 0 Å². The molecule has 0 saturated heterocycles. The van der Waals surface area contributed by atoms with Crippen LogP contribution >= 0.6 is 0 Å². The lowest BCUT2D eigenvalue weighted by molar-refractivity contribution is -0.142. The Bertz CT molecular complexity index is 553. The molecule has 3 nitrogen and oxygen atoms in total. The van der Waals surface area contributed by atoms with Crippen molar-refractivity contribution in [3.8, 4) is 11.3 Å². The van der Waals surface area contributed by atoms with Crippen molar-refractivity contribution in [1.29, 1.82) is 0 Å². The second-order valence-corrected chi connectivity index (χ2v) is 4.47. The van der Waals surface area contributed by atoms with Crippen LogP contribution in [0.5, 0.6) is 0 Å². The molecular weight excluding hydrogens is 214 g/mol. The fourth-order valence-corrected chi connectivity index (χ4v) is 2.27. The van der Waals surface area contributed by atoms with Crippen LogP contribution in [0.25, 0.3) is 11.3 Å². The van der Waals surface area contributed by atoms with Gasteiger partial charge in [0, 0.05) is 11.9 Å². The van der Waals surface area contributed by atoms with E-state index in [2.05, 4.69) is 0 Å². The van der Waals surface area contributed by atoms with E-state index in [4.69, 9.17) is 0 Å². The van der Waals surface area contributed by atoms with Crippen molar-refractivity contribution in [2.24, 2.45) is 0 Å². The van der Waals surface area contributed by atoms with Crippen LogP contribution in [-0.4, -0.2) is 15.6 Å². The van der Waals surface area contributed by atoms with Crippen molar-refractivity contribution in [2.45, 2.75) is 18.4 Å². The van der Waals surface area contributed by atoms with Crippen molar-refractivity contribution >= 4 is 5.97 Å². The van der Waals surface area contributed by atoms with E-state index in [-0.39, 0.29) is 0 Å². The zero-order chi connectivity index (χ0) is 11.9. The van der Waals surface area contributed by atoms with Crippen LogP contribution < -0.4 is 0 Å². The van der Waals surface area contributed by atoms with E-state index in [9.17, 15) is 9.90 Å². The number of hydrogen-bond acceptors (Lipinski definition) is 1. The fraction of sp³-hybridized carbons (Fsp3) is 0.214. The van der Waals surface area contributed by atoms with E-state index in [1.807, 2.05) is 53.2 Å². The molecule has 0 unspecified atom stereocenters. The maximum Gasteiger partial charge on any atom is 0.329 e. The number of carboxylic acid groups (broad SMARTS) is 1. The molecule has 2 aromatic rings. The highest BCUT2D eigenvalue weighted by Gasteiger charge is 2.52. The summed E-state index contributed by atoms with van der Waals surface area (Å²) in [6, 6.07) is 13.8. The van der Waals surface area contributed by atoms with Gasteiger partial charge in [-0.05, 0) is 30.5 Å².